The van der Waals surface area contributed by atoms with Crippen molar-refractivity contribution in [1.29, 1.82) is 0 Å². The average molecular weight is 227 g/mol. The minimum absolute atomic E-state index is 0.119. The monoisotopic (exact) mass is 227 g/mol. The molecule has 2 aromatic rings. The molecule has 0 bridgehead atoms. The summed E-state index contributed by atoms with van der Waals surface area (Å²) in [7, 11) is 0. The number of nitrogens with zero attached hydrogens (tertiary/aromatic N) is 1. The smallest absolute Gasteiger partial charge is 0.131 e. The number of aryl methyl sites for hydroxylation is 4. The number of benzene rings is 1. The van der Waals surface area contributed by atoms with E-state index in [2.05, 4.69) is 17.1 Å². The van der Waals surface area contributed by atoms with Crippen molar-refractivity contribution in [3.8, 4) is 11.1 Å². The van der Waals surface area contributed by atoms with Gasteiger partial charge in [0.2, 0.25) is 0 Å². The van der Waals surface area contributed by atoms with E-state index in [1.807, 2.05) is 13.8 Å². The number of hydrogen-bond donors (Lipinski definition) is 0. The maximum atomic E-state index is 14.1. The summed E-state index contributed by atoms with van der Waals surface area (Å²) in [5, 5.41) is 0. The van der Waals surface area contributed by atoms with Gasteiger partial charge < -0.3 is 0 Å². The topological polar surface area (TPSA) is 12.9 Å². The minimum Gasteiger partial charge on any atom is -0.261 e. The molecule has 3 rings (SSSR count). The van der Waals surface area contributed by atoms with E-state index in [1.165, 1.54) is 5.56 Å². The molecule has 0 saturated heterocycles. The zero-order valence-corrected chi connectivity index (χ0v) is 10.0. The summed E-state index contributed by atoms with van der Waals surface area (Å²) in [5.41, 5.74) is 6.04. The maximum absolute atomic E-state index is 14.1. The number of aromatic nitrogens is 1. The van der Waals surface area contributed by atoms with Gasteiger partial charge in [0.05, 0.1) is 0 Å². The molecular formula is C15H14FN. The molecule has 0 atom stereocenters. The predicted octanol–water partition coefficient (Wildman–Crippen LogP) is 3.60. The summed E-state index contributed by atoms with van der Waals surface area (Å²) >= 11 is 0. The van der Waals surface area contributed by atoms with Gasteiger partial charge in [0, 0.05) is 23.0 Å². The predicted molar refractivity (Wildman–Crippen MR) is 66.5 cm³/mol. The molecule has 0 N–H and O–H groups in total. The number of halogens is 1. The van der Waals surface area contributed by atoms with E-state index in [9.17, 15) is 4.39 Å². The summed E-state index contributed by atoms with van der Waals surface area (Å²) in [6, 6.07) is 5.76. The first-order chi connectivity index (χ1) is 8.15. The summed E-state index contributed by atoms with van der Waals surface area (Å²) in [4.78, 5) is 4.29. The lowest BCUT2D eigenvalue weighted by Gasteiger charge is -2.20. The van der Waals surface area contributed by atoms with Gasteiger partial charge in [-0.3, -0.25) is 4.98 Å². The van der Waals surface area contributed by atoms with Crippen LogP contribution in [0.1, 0.15) is 22.4 Å². The molecule has 0 radical (unpaired) electrons. The van der Waals surface area contributed by atoms with Crippen LogP contribution in [0.2, 0.25) is 0 Å². The summed E-state index contributed by atoms with van der Waals surface area (Å²) in [6.45, 7) is 3.91. The van der Waals surface area contributed by atoms with Gasteiger partial charge >= 0.3 is 0 Å². The molecule has 0 aliphatic heterocycles. The summed E-state index contributed by atoms with van der Waals surface area (Å²) in [5.74, 6) is -0.119. The zero-order chi connectivity index (χ0) is 12.0. The molecule has 1 aromatic carbocycles. The highest BCUT2D eigenvalue weighted by Gasteiger charge is 2.20. The highest BCUT2D eigenvalue weighted by molar-refractivity contribution is 5.73. The SMILES string of the molecule is Cc1cc(F)c2c(c1)CCc1cc(C)ncc1-2. The molecule has 0 spiro atoms. The largest absolute Gasteiger partial charge is 0.261 e. The van der Waals surface area contributed by atoms with Crippen LogP contribution in [0.3, 0.4) is 0 Å². The Morgan fingerprint density at radius 3 is 2.65 bits per heavy atom. The lowest BCUT2D eigenvalue weighted by Crippen LogP contribution is -2.07. The maximum Gasteiger partial charge on any atom is 0.131 e. The van der Waals surface area contributed by atoms with Crippen molar-refractivity contribution in [1.82, 2.24) is 4.98 Å². The van der Waals surface area contributed by atoms with Crippen LogP contribution in [0.25, 0.3) is 11.1 Å². The number of fused-ring (bicyclic) bond motifs is 3. The van der Waals surface area contributed by atoms with Gasteiger partial charge in [-0.25, -0.2) is 4.39 Å². The van der Waals surface area contributed by atoms with Gasteiger partial charge in [0.1, 0.15) is 5.82 Å². The highest BCUT2D eigenvalue weighted by Crippen LogP contribution is 2.35. The van der Waals surface area contributed by atoms with Gasteiger partial charge in [0.15, 0.2) is 0 Å². The van der Waals surface area contributed by atoms with E-state index in [-0.39, 0.29) is 5.82 Å². The quantitative estimate of drug-likeness (QED) is 0.670. The summed E-state index contributed by atoms with van der Waals surface area (Å²) in [6.07, 6.45) is 3.71. The third-order valence-electron chi connectivity index (χ3n) is 3.38. The lowest BCUT2D eigenvalue weighted by molar-refractivity contribution is 0.626. The second kappa shape index (κ2) is 3.66. The minimum atomic E-state index is -0.119. The first-order valence-electron chi connectivity index (χ1n) is 5.90. The molecule has 0 saturated carbocycles. The third kappa shape index (κ3) is 1.64. The Labute approximate surface area is 100 Å². The van der Waals surface area contributed by atoms with Gasteiger partial charge in [-0.15, -0.1) is 0 Å². The van der Waals surface area contributed by atoms with Crippen LogP contribution in [-0.4, -0.2) is 4.98 Å². The molecule has 1 aliphatic carbocycles. The fourth-order valence-electron chi connectivity index (χ4n) is 2.63. The first kappa shape index (κ1) is 10.5. The molecule has 0 amide bonds. The number of rotatable bonds is 0. The normalized spacial score (nSPS) is 13.1. The van der Waals surface area contributed by atoms with Crippen molar-refractivity contribution < 1.29 is 4.39 Å². The van der Waals surface area contributed by atoms with Crippen molar-refractivity contribution >= 4 is 0 Å². The van der Waals surface area contributed by atoms with Crippen LogP contribution in [0.5, 0.6) is 0 Å². The number of hydrogen-bond acceptors (Lipinski definition) is 1. The average Bonchev–Trinajstić information content (AvgIpc) is 2.28. The fraction of sp³-hybridized carbons (Fsp3) is 0.267. The zero-order valence-electron chi connectivity index (χ0n) is 10.0. The molecule has 17 heavy (non-hydrogen) atoms. The molecular weight excluding hydrogens is 213 g/mol. The van der Waals surface area contributed by atoms with Crippen LogP contribution in [0, 0.1) is 19.7 Å². The third-order valence-corrected chi connectivity index (χ3v) is 3.38. The van der Waals surface area contributed by atoms with E-state index in [4.69, 9.17) is 0 Å². The molecule has 1 aromatic heterocycles. The van der Waals surface area contributed by atoms with Crippen molar-refractivity contribution in [3.05, 3.63) is 52.6 Å². The molecule has 0 fully saturated rings. The Morgan fingerprint density at radius 1 is 1.06 bits per heavy atom. The van der Waals surface area contributed by atoms with Gasteiger partial charge in [-0.2, -0.15) is 0 Å². The summed E-state index contributed by atoms with van der Waals surface area (Å²) < 4.78 is 14.1. The number of pyridine rings is 1. The highest BCUT2D eigenvalue weighted by atomic mass is 19.1. The lowest BCUT2D eigenvalue weighted by atomic mass is 9.85. The van der Waals surface area contributed by atoms with Crippen molar-refractivity contribution in [3.63, 3.8) is 0 Å². The van der Waals surface area contributed by atoms with Crippen molar-refractivity contribution in [2.45, 2.75) is 26.7 Å². The van der Waals surface area contributed by atoms with E-state index in [0.29, 0.717) is 0 Å². The molecule has 1 heterocycles. The van der Waals surface area contributed by atoms with Crippen molar-refractivity contribution in [2.75, 3.05) is 0 Å². The Hall–Kier alpha value is -1.70. The molecule has 0 unspecified atom stereocenters. The Kier molecular flexibility index (Phi) is 2.25. The van der Waals surface area contributed by atoms with Gasteiger partial charge in [0.25, 0.3) is 0 Å². The standard InChI is InChI=1S/C15H14FN/c1-9-5-12-4-3-11-7-10(2)17-8-13(11)15(12)14(16)6-9/h5-8H,3-4H2,1-2H3. The van der Waals surface area contributed by atoms with E-state index < -0.39 is 0 Å². The van der Waals surface area contributed by atoms with Crippen LogP contribution >= 0.6 is 0 Å². The Balaban J connectivity index is 2.29. The van der Waals surface area contributed by atoms with Gasteiger partial charge in [-0.1, -0.05) is 6.07 Å². The van der Waals surface area contributed by atoms with E-state index >= 15 is 0 Å². The Morgan fingerprint density at radius 2 is 1.82 bits per heavy atom. The van der Waals surface area contributed by atoms with Crippen LogP contribution < -0.4 is 0 Å². The van der Waals surface area contributed by atoms with E-state index in [0.717, 1.165) is 40.8 Å². The van der Waals surface area contributed by atoms with Crippen LogP contribution in [0.15, 0.2) is 24.4 Å². The second-order valence-electron chi connectivity index (χ2n) is 4.76. The van der Waals surface area contributed by atoms with E-state index in [1.54, 1.807) is 12.3 Å². The van der Waals surface area contributed by atoms with Crippen LogP contribution in [0.4, 0.5) is 4.39 Å². The molecule has 1 nitrogen and oxygen atoms in total. The molecule has 1 aliphatic rings. The fourth-order valence-corrected chi connectivity index (χ4v) is 2.63. The van der Waals surface area contributed by atoms with Gasteiger partial charge in [-0.05, 0) is 55.5 Å². The second-order valence-corrected chi connectivity index (χ2v) is 4.76. The molecule has 2 heteroatoms. The first-order valence-corrected chi connectivity index (χ1v) is 5.90. The van der Waals surface area contributed by atoms with Crippen LogP contribution in [-0.2, 0) is 12.8 Å². The Bertz CT molecular complexity index is 602. The molecule has 86 valence electrons. The van der Waals surface area contributed by atoms with Crippen molar-refractivity contribution in [2.24, 2.45) is 0 Å².